The smallest absolute Gasteiger partial charge is 0.271 e. The normalized spacial score (nSPS) is 10.6. The zero-order valence-corrected chi connectivity index (χ0v) is 11.8. The van der Waals surface area contributed by atoms with E-state index in [9.17, 15) is 4.79 Å². The van der Waals surface area contributed by atoms with Gasteiger partial charge in [-0.25, -0.2) is 4.98 Å². The molecule has 0 saturated carbocycles. The summed E-state index contributed by atoms with van der Waals surface area (Å²) < 4.78 is 5.28. The van der Waals surface area contributed by atoms with Gasteiger partial charge in [-0.15, -0.1) is 10.2 Å². The molecule has 4 N–H and O–H groups in total. The standard InChI is InChI=1S/C15H13N5O2/c1-22-15-9(6-3-7-18-15)8-4-2-5-10-11(16)13(14(17)21)20-19-12(8)10/h2-7H,1H3,(H2,16,19)(H2,17,21). The molecule has 7 nitrogen and oxygen atoms in total. The van der Waals surface area contributed by atoms with Crippen LogP contribution in [0.2, 0.25) is 0 Å². The average Bonchev–Trinajstić information content (AvgIpc) is 2.54. The Morgan fingerprint density at radius 1 is 1.14 bits per heavy atom. The lowest BCUT2D eigenvalue weighted by atomic mass is 10.0. The summed E-state index contributed by atoms with van der Waals surface area (Å²) in [6.07, 6.45) is 1.64. The van der Waals surface area contributed by atoms with Crippen LogP contribution in [0.1, 0.15) is 10.5 Å². The molecule has 3 rings (SSSR count). The van der Waals surface area contributed by atoms with Gasteiger partial charge in [0.15, 0.2) is 5.69 Å². The first kappa shape index (κ1) is 13.7. The Morgan fingerprint density at radius 2 is 1.91 bits per heavy atom. The lowest BCUT2D eigenvalue weighted by Crippen LogP contribution is -2.16. The SMILES string of the molecule is COc1ncccc1-c1cccc2c(N)c(C(N)=O)nnc12. The number of carbonyl (C=O) groups excluding carboxylic acids is 1. The fourth-order valence-electron chi connectivity index (χ4n) is 2.31. The van der Waals surface area contributed by atoms with Crippen molar-refractivity contribution in [2.24, 2.45) is 5.73 Å². The van der Waals surface area contributed by atoms with E-state index in [4.69, 9.17) is 16.2 Å². The lowest BCUT2D eigenvalue weighted by Gasteiger charge is -2.11. The Hall–Kier alpha value is -3.22. The van der Waals surface area contributed by atoms with Gasteiger partial charge in [0.1, 0.15) is 5.52 Å². The predicted molar refractivity (Wildman–Crippen MR) is 82.3 cm³/mol. The Balaban J connectivity index is 2.33. The number of hydrogen-bond acceptors (Lipinski definition) is 6. The zero-order chi connectivity index (χ0) is 15.7. The molecule has 0 aliphatic heterocycles. The Morgan fingerprint density at radius 3 is 2.64 bits per heavy atom. The van der Waals surface area contributed by atoms with E-state index in [2.05, 4.69) is 15.2 Å². The van der Waals surface area contributed by atoms with E-state index in [-0.39, 0.29) is 11.4 Å². The second-order valence-electron chi connectivity index (χ2n) is 4.59. The molecule has 0 saturated heterocycles. The van der Waals surface area contributed by atoms with Gasteiger partial charge in [0, 0.05) is 22.7 Å². The number of primary amides is 1. The fourth-order valence-corrected chi connectivity index (χ4v) is 2.31. The molecule has 22 heavy (non-hydrogen) atoms. The minimum absolute atomic E-state index is 0.0391. The summed E-state index contributed by atoms with van der Waals surface area (Å²) in [6.45, 7) is 0. The van der Waals surface area contributed by atoms with Gasteiger partial charge >= 0.3 is 0 Å². The molecule has 0 spiro atoms. The second-order valence-corrected chi connectivity index (χ2v) is 4.59. The summed E-state index contributed by atoms with van der Waals surface area (Å²) in [6, 6.07) is 9.09. The molecule has 0 aliphatic carbocycles. The van der Waals surface area contributed by atoms with Crippen molar-refractivity contribution in [3.8, 4) is 17.0 Å². The number of carbonyl (C=O) groups is 1. The van der Waals surface area contributed by atoms with E-state index in [1.165, 1.54) is 0 Å². The van der Waals surface area contributed by atoms with E-state index in [0.29, 0.717) is 16.8 Å². The quantitative estimate of drug-likeness (QED) is 0.753. The first-order chi connectivity index (χ1) is 10.6. The van der Waals surface area contributed by atoms with Crippen molar-refractivity contribution in [1.29, 1.82) is 0 Å². The molecule has 1 amide bonds. The van der Waals surface area contributed by atoms with Crippen LogP contribution in [-0.2, 0) is 0 Å². The Kier molecular flexibility index (Phi) is 3.30. The van der Waals surface area contributed by atoms with E-state index in [0.717, 1.165) is 11.1 Å². The highest BCUT2D eigenvalue weighted by Gasteiger charge is 2.16. The summed E-state index contributed by atoms with van der Waals surface area (Å²) in [4.78, 5) is 15.5. The number of aromatic nitrogens is 3. The molecule has 7 heteroatoms. The maximum Gasteiger partial charge on any atom is 0.271 e. The van der Waals surface area contributed by atoms with E-state index >= 15 is 0 Å². The summed E-state index contributed by atoms with van der Waals surface area (Å²) >= 11 is 0. The predicted octanol–water partition coefficient (Wildman–Crippen LogP) is 1.38. The highest BCUT2D eigenvalue weighted by molar-refractivity contribution is 6.07. The summed E-state index contributed by atoms with van der Waals surface area (Å²) in [5.74, 6) is -0.245. The van der Waals surface area contributed by atoms with Crippen LogP contribution in [0.4, 0.5) is 5.69 Å². The zero-order valence-electron chi connectivity index (χ0n) is 11.8. The van der Waals surface area contributed by atoms with Crippen molar-refractivity contribution in [3.05, 3.63) is 42.2 Å². The molecule has 2 aromatic heterocycles. The number of hydrogen-bond donors (Lipinski definition) is 2. The molecule has 3 aromatic rings. The van der Waals surface area contributed by atoms with Crippen LogP contribution < -0.4 is 16.2 Å². The average molecular weight is 295 g/mol. The largest absolute Gasteiger partial charge is 0.481 e. The number of nitrogens with two attached hydrogens (primary N) is 2. The molecular weight excluding hydrogens is 282 g/mol. The first-order valence-corrected chi connectivity index (χ1v) is 6.47. The third-order valence-corrected chi connectivity index (χ3v) is 3.32. The van der Waals surface area contributed by atoms with Crippen molar-refractivity contribution in [3.63, 3.8) is 0 Å². The number of pyridine rings is 1. The monoisotopic (exact) mass is 295 g/mol. The van der Waals surface area contributed by atoms with Crippen LogP contribution >= 0.6 is 0 Å². The van der Waals surface area contributed by atoms with Gasteiger partial charge in [0.05, 0.1) is 12.8 Å². The van der Waals surface area contributed by atoms with Crippen LogP contribution in [0.25, 0.3) is 22.0 Å². The highest BCUT2D eigenvalue weighted by atomic mass is 16.5. The topological polar surface area (TPSA) is 117 Å². The number of anilines is 1. The summed E-state index contributed by atoms with van der Waals surface area (Å²) in [5, 5.41) is 8.54. The number of rotatable bonds is 3. The van der Waals surface area contributed by atoms with Crippen LogP contribution in [0, 0.1) is 0 Å². The molecule has 0 atom stereocenters. The molecule has 0 bridgehead atoms. The van der Waals surface area contributed by atoms with E-state index in [1.807, 2.05) is 18.2 Å². The molecule has 0 unspecified atom stereocenters. The molecule has 0 aliphatic rings. The van der Waals surface area contributed by atoms with Gasteiger partial charge in [0.2, 0.25) is 5.88 Å². The summed E-state index contributed by atoms with van der Waals surface area (Å²) in [7, 11) is 1.54. The summed E-state index contributed by atoms with van der Waals surface area (Å²) in [5.41, 5.74) is 13.5. The van der Waals surface area contributed by atoms with Crippen molar-refractivity contribution >= 4 is 22.5 Å². The number of nitrogens with zero attached hydrogens (tertiary/aromatic N) is 3. The van der Waals surface area contributed by atoms with E-state index < -0.39 is 5.91 Å². The van der Waals surface area contributed by atoms with Crippen molar-refractivity contribution in [2.45, 2.75) is 0 Å². The molecule has 1 aromatic carbocycles. The number of ether oxygens (including phenoxy) is 1. The number of methoxy groups -OCH3 is 1. The van der Waals surface area contributed by atoms with Gasteiger partial charge in [-0.2, -0.15) is 0 Å². The minimum atomic E-state index is -0.712. The first-order valence-electron chi connectivity index (χ1n) is 6.47. The number of fused-ring (bicyclic) bond motifs is 1. The van der Waals surface area contributed by atoms with Gasteiger partial charge in [0.25, 0.3) is 5.91 Å². The highest BCUT2D eigenvalue weighted by Crippen LogP contribution is 2.34. The minimum Gasteiger partial charge on any atom is -0.481 e. The molecular formula is C15H13N5O2. The third kappa shape index (κ3) is 2.08. The fraction of sp³-hybridized carbons (Fsp3) is 0.0667. The van der Waals surface area contributed by atoms with Crippen LogP contribution in [-0.4, -0.2) is 28.2 Å². The van der Waals surface area contributed by atoms with Crippen molar-refractivity contribution in [2.75, 3.05) is 12.8 Å². The molecule has 110 valence electrons. The van der Waals surface area contributed by atoms with Gasteiger partial charge in [-0.05, 0) is 12.1 Å². The number of nitrogen functional groups attached to an aromatic ring is 1. The van der Waals surface area contributed by atoms with Crippen LogP contribution in [0.15, 0.2) is 36.5 Å². The number of amides is 1. The van der Waals surface area contributed by atoms with Gasteiger partial charge < -0.3 is 16.2 Å². The van der Waals surface area contributed by atoms with Crippen LogP contribution in [0.5, 0.6) is 5.88 Å². The lowest BCUT2D eigenvalue weighted by molar-refractivity contribution is 0.0996. The van der Waals surface area contributed by atoms with E-state index in [1.54, 1.807) is 25.4 Å². The Labute approximate surface area is 125 Å². The Bertz CT molecular complexity index is 879. The molecule has 0 radical (unpaired) electrons. The maximum absolute atomic E-state index is 11.3. The van der Waals surface area contributed by atoms with Gasteiger partial charge in [-0.1, -0.05) is 18.2 Å². The number of benzene rings is 1. The third-order valence-electron chi connectivity index (χ3n) is 3.32. The molecule has 2 heterocycles. The van der Waals surface area contributed by atoms with Crippen LogP contribution in [0.3, 0.4) is 0 Å². The second kappa shape index (κ2) is 5.28. The van der Waals surface area contributed by atoms with Crippen molar-refractivity contribution < 1.29 is 9.53 Å². The van der Waals surface area contributed by atoms with Gasteiger partial charge in [-0.3, -0.25) is 4.79 Å². The van der Waals surface area contributed by atoms with Crippen molar-refractivity contribution in [1.82, 2.24) is 15.2 Å². The maximum atomic E-state index is 11.3. The molecule has 0 fully saturated rings.